The third kappa shape index (κ3) is 5.79. The van der Waals surface area contributed by atoms with E-state index in [1.165, 1.54) is 0 Å². The number of carbonyl (C=O) groups is 1. The Kier molecular flexibility index (Phi) is 7.11. The Balaban J connectivity index is 1.25. The Morgan fingerprint density at radius 3 is 2.45 bits per heavy atom. The summed E-state index contributed by atoms with van der Waals surface area (Å²) in [6, 6.07) is 13.8. The molecule has 1 N–H and O–H groups in total. The van der Waals surface area contributed by atoms with Gasteiger partial charge < -0.3 is 9.42 Å². The van der Waals surface area contributed by atoms with Crippen LogP contribution in [0.25, 0.3) is 11.4 Å². The van der Waals surface area contributed by atoms with Crippen LogP contribution in [0.1, 0.15) is 36.6 Å². The van der Waals surface area contributed by atoms with Crippen LogP contribution in [0, 0.1) is 6.92 Å². The minimum absolute atomic E-state index is 0.0586. The van der Waals surface area contributed by atoms with E-state index in [0.29, 0.717) is 42.7 Å². The minimum Gasteiger partial charge on any atom is -0.343 e. The maximum absolute atomic E-state index is 12.6. The lowest BCUT2D eigenvalue weighted by Crippen LogP contribution is -2.39. The fraction of sp³-hybridized carbons (Fsp3) is 0.348. The minimum atomic E-state index is -3.63. The number of carbonyl (C=O) groups excluding carboxylic acids is 1. The summed E-state index contributed by atoms with van der Waals surface area (Å²) < 4.78 is 32.7. The van der Waals surface area contributed by atoms with Gasteiger partial charge in [0.05, 0.1) is 4.90 Å². The Morgan fingerprint density at radius 1 is 1.12 bits per heavy atom. The number of aryl methyl sites for hydroxylation is 1. The first-order valence-corrected chi connectivity index (χ1v) is 12.6. The lowest BCUT2D eigenvalue weighted by atomic mass is 9.96. The Hall–Kier alpha value is -2.75. The molecule has 2 aromatic carbocycles. The van der Waals surface area contributed by atoms with Gasteiger partial charge in [-0.15, -0.1) is 0 Å². The average molecular weight is 489 g/mol. The van der Waals surface area contributed by atoms with E-state index in [4.69, 9.17) is 16.1 Å². The van der Waals surface area contributed by atoms with Crippen LogP contribution in [0.2, 0.25) is 5.02 Å². The standard InChI is InChI=1S/C23H25ClN4O4S/c1-16-2-8-20(9-3-16)33(30,31)25-13-10-21(29)28-14-11-18(12-15-28)23-26-22(27-32-23)17-4-6-19(24)7-5-17/h2-9,18,25H,10-15H2,1H3. The van der Waals surface area contributed by atoms with Gasteiger partial charge in [0.25, 0.3) is 0 Å². The highest BCUT2D eigenvalue weighted by Crippen LogP contribution is 2.29. The lowest BCUT2D eigenvalue weighted by molar-refractivity contribution is -0.132. The SMILES string of the molecule is Cc1ccc(S(=O)(=O)NCCC(=O)N2CCC(c3nc(-c4ccc(Cl)cc4)no3)CC2)cc1. The molecule has 1 saturated heterocycles. The van der Waals surface area contributed by atoms with Crippen LogP contribution in [0.4, 0.5) is 0 Å². The summed E-state index contributed by atoms with van der Waals surface area (Å²) >= 11 is 5.92. The monoisotopic (exact) mass is 488 g/mol. The Labute approximate surface area is 198 Å². The van der Waals surface area contributed by atoms with Gasteiger partial charge in [0.1, 0.15) is 0 Å². The van der Waals surface area contributed by atoms with E-state index in [1.807, 2.05) is 19.1 Å². The second kappa shape index (κ2) is 10.0. The van der Waals surface area contributed by atoms with Crippen molar-refractivity contribution in [2.75, 3.05) is 19.6 Å². The fourth-order valence-electron chi connectivity index (χ4n) is 3.74. The number of halogens is 1. The number of aromatic nitrogens is 2. The highest BCUT2D eigenvalue weighted by atomic mass is 35.5. The number of hydrogen-bond donors (Lipinski definition) is 1. The predicted octanol–water partition coefficient (Wildman–Crippen LogP) is 3.77. The summed E-state index contributed by atoms with van der Waals surface area (Å²) in [5.74, 6) is 1.09. The molecule has 0 aliphatic carbocycles. The number of benzene rings is 2. The third-order valence-electron chi connectivity index (χ3n) is 5.70. The van der Waals surface area contributed by atoms with E-state index in [0.717, 1.165) is 11.1 Å². The molecule has 174 valence electrons. The van der Waals surface area contributed by atoms with Gasteiger partial charge in [0.2, 0.25) is 27.6 Å². The molecule has 2 heterocycles. The number of amides is 1. The summed E-state index contributed by atoms with van der Waals surface area (Å²) in [4.78, 5) is 19.0. The second-order valence-corrected chi connectivity index (χ2v) is 10.3. The number of sulfonamides is 1. The molecule has 3 aromatic rings. The molecule has 0 atom stereocenters. The van der Waals surface area contributed by atoms with Gasteiger partial charge >= 0.3 is 0 Å². The Morgan fingerprint density at radius 2 is 1.79 bits per heavy atom. The van der Waals surface area contributed by atoms with Crippen molar-refractivity contribution in [2.45, 2.75) is 37.0 Å². The first kappa shape index (κ1) is 23.4. The molecule has 0 unspecified atom stereocenters. The summed E-state index contributed by atoms with van der Waals surface area (Å²) in [5, 5.41) is 4.70. The first-order chi connectivity index (χ1) is 15.8. The van der Waals surface area contributed by atoms with E-state index in [9.17, 15) is 13.2 Å². The molecule has 8 nitrogen and oxygen atoms in total. The Bertz CT molecular complexity index is 1200. The molecule has 1 aliphatic rings. The van der Waals surface area contributed by atoms with E-state index in [1.54, 1.807) is 41.3 Å². The zero-order valence-corrected chi connectivity index (χ0v) is 19.8. The number of rotatable bonds is 7. The lowest BCUT2D eigenvalue weighted by Gasteiger charge is -2.30. The summed E-state index contributed by atoms with van der Waals surface area (Å²) in [6.07, 6.45) is 1.53. The van der Waals surface area contributed by atoms with E-state index in [2.05, 4.69) is 14.9 Å². The van der Waals surface area contributed by atoms with Gasteiger partial charge in [-0.05, 0) is 56.2 Å². The normalized spacial score (nSPS) is 15.0. The van der Waals surface area contributed by atoms with Gasteiger partial charge in [-0.1, -0.05) is 34.5 Å². The van der Waals surface area contributed by atoms with E-state index >= 15 is 0 Å². The number of nitrogens with zero attached hydrogens (tertiary/aromatic N) is 3. The zero-order valence-electron chi connectivity index (χ0n) is 18.2. The molecule has 0 spiro atoms. The largest absolute Gasteiger partial charge is 0.343 e. The highest BCUT2D eigenvalue weighted by Gasteiger charge is 2.27. The maximum Gasteiger partial charge on any atom is 0.240 e. The molecular weight excluding hydrogens is 464 g/mol. The van der Waals surface area contributed by atoms with Crippen LogP contribution in [0.5, 0.6) is 0 Å². The molecule has 1 fully saturated rings. The quantitative estimate of drug-likeness (QED) is 0.542. The van der Waals surface area contributed by atoms with Crippen LogP contribution in [0.15, 0.2) is 57.9 Å². The van der Waals surface area contributed by atoms with Gasteiger partial charge in [0, 0.05) is 42.6 Å². The second-order valence-electron chi connectivity index (χ2n) is 8.08. The molecule has 0 saturated carbocycles. The molecule has 1 aromatic heterocycles. The molecule has 4 rings (SSSR count). The maximum atomic E-state index is 12.6. The van der Waals surface area contributed by atoms with Crippen LogP contribution < -0.4 is 4.72 Å². The first-order valence-electron chi connectivity index (χ1n) is 10.8. The van der Waals surface area contributed by atoms with Crippen molar-refractivity contribution in [3.63, 3.8) is 0 Å². The van der Waals surface area contributed by atoms with E-state index in [-0.39, 0.29) is 29.7 Å². The summed E-state index contributed by atoms with van der Waals surface area (Å²) in [5.41, 5.74) is 1.81. The van der Waals surface area contributed by atoms with Gasteiger partial charge in [-0.25, -0.2) is 13.1 Å². The van der Waals surface area contributed by atoms with Gasteiger partial charge in [0.15, 0.2) is 0 Å². The fourth-order valence-corrected chi connectivity index (χ4v) is 4.90. The molecule has 1 aliphatic heterocycles. The molecule has 33 heavy (non-hydrogen) atoms. The van der Waals surface area contributed by atoms with Crippen molar-refractivity contribution < 1.29 is 17.7 Å². The number of nitrogens with one attached hydrogen (secondary N) is 1. The van der Waals surface area contributed by atoms with Crippen LogP contribution >= 0.6 is 11.6 Å². The average Bonchev–Trinajstić information content (AvgIpc) is 3.30. The van der Waals surface area contributed by atoms with Gasteiger partial charge in [-0.2, -0.15) is 4.98 Å². The van der Waals surface area contributed by atoms with Crippen LogP contribution in [-0.2, 0) is 14.8 Å². The smallest absolute Gasteiger partial charge is 0.240 e. The van der Waals surface area contributed by atoms with Crippen molar-refractivity contribution >= 4 is 27.5 Å². The van der Waals surface area contributed by atoms with Crippen molar-refractivity contribution in [3.8, 4) is 11.4 Å². The van der Waals surface area contributed by atoms with Crippen molar-refractivity contribution in [1.82, 2.24) is 19.8 Å². The molecular formula is C23H25ClN4O4S. The number of piperidine rings is 1. The van der Waals surface area contributed by atoms with Crippen molar-refractivity contribution in [3.05, 3.63) is 65.0 Å². The molecule has 0 radical (unpaired) electrons. The molecule has 1 amide bonds. The zero-order chi connectivity index (χ0) is 23.4. The van der Waals surface area contributed by atoms with E-state index < -0.39 is 10.0 Å². The molecule has 0 bridgehead atoms. The third-order valence-corrected chi connectivity index (χ3v) is 7.43. The summed E-state index contributed by atoms with van der Waals surface area (Å²) in [6.45, 7) is 3.07. The highest BCUT2D eigenvalue weighted by molar-refractivity contribution is 7.89. The van der Waals surface area contributed by atoms with Gasteiger partial charge in [-0.3, -0.25) is 4.79 Å². The van der Waals surface area contributed by atoms with Crippen molar-refractivity contribution in [1.29, 1.82) is 0 Å². The van der Waals surface area contributed by atoms with Crippen LogP contribution in [-0.4, -0.2) is 49.0 Å². The van der Waals surface area contributed by atoms with Crippen molar-refractivity contribution in [2.24, 2.45) is 0 Å². The predicted molar refractivity (Wildman–Crippen MR) is 124 cm³/mol. The summed E-state index contributed by atoms with van der Waals surface area (Å²) in [7, 11) is -3.63. The number of hydrogen-bond acceptors (Lipinski definition) is 6. The molecule has 10 heteroatoms. The van der Waals surface area contributed by atoms with Crippen LogP contribution in [0.3, 0.4) is 0 Å². The number of likely N-dealkylation sites (tertiary alicyclic amines) is 1. The topological polar surface area (TPSA) is 105 Å².